The number of hydrogen-bond acceptors (Lipinski definition) is 6. The molecular formula is C11H13N3O5. The molecule has 0 amide bonds. The second kappa shape index (κ2) is 5.19. The second-order valence-electron chi connectivity index (χ2n) is 4.28. The third-order valence-corrected chi connectivity index (χ3v) is 2.89. The minimum Gasteiger partial charge on any atom is -0.478 e. The first kappa shape index (κ1) is 13.2. The average molecular weight is 267 g/mol. The lowest BCUT2D eigenvalue weighted by atomic mass is 10.2. The molecule has 0 spiro atoms. The number of hydrogen-bond donors (Lipinski definition) is 2. The van der Waals surface area contributed by atoms with Gasteiger partial charge in [-0.2, -0.15) is 0 Å². The van der Waals surface area contributed by atoms with Crippen molar-refractivity contribution >= 4 is 17.5 Å². The zero-order chi connectivity index (χ0) is 14.0. The summed E-state index contributed by atoms with van der Waals surface area (Å²) >= 11 is 0. The summed E-state index contributed by atoms with van der Waals surface area (Å²) in [7, 11) is 0. The van der Waals surface area contributed by atoms with Crippen LogP contribution in [0.15, 0.2) is 12.3 Å². The van der Waals surface area contributed by atoms with Gasteiger partial charge in [0, 0.05) is 24.8 Å². The minimum atomic E-state index is -1.26. The average Bonchev–Trinajstić information content (AvgIpc) is 3.19. The van der Waals surface area contributed by atoms with Gasteiger partial charge in [0.15, 0.2) is 0 Å². The summed E-state index contributed by atoms with van der Waals surface area (Å²) in [5.74, 6) is -1.14. The molecule has 102 valence electrons. The van der Waals surface area contributed by atoms with E-state index in [0.29, 0.717) is 0 Å². The van der Waals surface area contributed by atoms with Crippen molar-refractivity contribution in [3.63, 3.8) is 0 Å². The number of anilines is 1. The summed E-state index contributed by atoms with van der Waals surface area (Å²) in [4.78, 5) is 26.7. The first-order valence-corrected chi connectivity index (χ1v) is 5.80. The first-order chi connectivity index (χ1) is 9.04. The van der Waals surface area contributed by atoms with E-state index in [1.54, 1.807) is 4.90 Å². The molecule has 0 radical (unpaired) electrons. The van der Waals surface area contributed by atoms with Crippen LogP contribution in [-0.4, -0.2) is 45.3 Å². The van der Waals surface area contributed by atoms with E-state index in [-0.39, 0.29) is 36.3 Å². The third kappa shape index (κ3) is 2.79. The van der Waals surface area contributed by atoms with Gasteiger partial charge in [-0.15, -0.1) is 0 Å². The standard InChI is InChI=1S/C11H13N3O5/c15-4-3-13(8-1-2-8)10-9(14(18)19)5-7(6-12-10)11(16)17/h5-6,8,15H,1-4H2,(H,16,17). The van der Waals surface area contributed by atoms with Crippen molar-refractivity contribution in [3.8, 4) is 0 Å². The summed E-state index contributed by atoms with van der Waals surface area (Å²) in [6.07, 6.45) is 2.87. The molecule has 1 aromatic heterocycles. The molecule has 8 heteroatoms. The van der Waals surface area contributed by atoms with Gasteiger partial charge in [0.2, 0.25) is 5.82 Å². The molecule has 1 fully saturated rings. The summed E-state index contributed by atoms with van der Waals surface area (Å²) < 4.78 is 0. The molecule has 19 heavy (non-hydrogen) atoms. The van der Waals surface area contributed by atoms with E-state index < -0.39 is 10.9 Å². The number of aromatic carboxylic acids is 1. The van der Waals surface area contributed by atoms with Crippen LogP contribution in [0.2, 0.25) is 0 Å². The Balaban J connectivity index is 2.42. The molecule has 1 aliphatic carbocycles. The van der Waals surface area contributed by atoms with Crippen molar-refractivity contribution in [3.05, 3.63) is 27.9 Å². The van der Waals surface area contributed by atoms with Crippen LogP contribution in [-0.2, 0) is 0 Å². The number of nitrogens with zero attached hydrogens (tertiary/aromatic N) is 3. The lowest BCUT2D eigenvalue weighted by Crippen LogP contribution is -2.30. The molecule has 0 aromatic carbocycles. The molecule has 1 aromatic rings. The van der Waals surface area contributed by atoms with Gasteiger partial charge in [-0.3, -0.25) is 10.1 Å². The van der Waals surface area contributed by atoms with E-state index in [1.807, 2.05) is 0 Å². The van der Waals surface area contributed by atoms with Crippen molar-refractivity contribution in [1.82, 2.24) is 4.98 Å². The lowest BCUT2D eigenvalue weighted by molar-refractivity contribution is -0.384. The predicted molar refractivity (Wildman–Crippen MR) is 65.3 cm³/mol. The van der Waals surface area contributed by atoms with E-state index in [0.717, 1.165) is 25.1 Å². The molecular weight excluding hydrogens is 254 g/mol. The molecule has 0 unspecified atom stereocenters. The maximum Gasteiger partial charge on any atom is 0.337 e. The topological polar surface area (TPSA) is 117 Å². The number of aromatic nitrogens is 1. The summed E-state index contributed by atoms with van der Waals surface area (Å²) in [6.45, 7) is 0.0982. The van der Waals surface area contributed by atoms with Gasteiger partial charge in [-0.1, -0.05) is 0 Å². The van der Waals surface area contributed by atoms with Gasteiger partial charge in [0.05, 0.1) is 17.1 Å². The zero-order valence-corrected chi connectivity index (χ0v) is 10.0. The van der Waals surface area contributed by atoms with Crippen molar-refractivity contribution in [2.45, 2.75) is 18.9 Å². The molecule has 0 aliphatic heterocycles. The molecule has 0 bridgehead atoms. The highest BCUT2D eigenvalue weighted by Crippen LogP contribution is 2.35. The maximum absolute atomic E-state index is 11.0. The normalized spacial score (nSPS) is 14.2. The van der Waals surface area contributed by atoms with Crippen molar-refractivity contribution in [2.24, 2.45) is 0 Å². The Bertz CT molecular complexity index is 515. The lowest BCUT2D eigenvalue weighted by Gasteiger charge is -2.21. The van der Waals surface area contributed by atoms with Gasteiger partial charge in [-0.25, -0.2) is 9.78 Å². The van der Waals surface area contributed by atoms with Crippen LogP contribution in [0.3, 0.4) is 0 Å². The van der Waals surface area contributed by atoms with Crippen LogP contribution in [0, 0.1) is 10.1 Å². The van der Waals surface area contributed by atoms with Gasteiger partial charge < -0.3 is 15.1 Å². The Morgan fingerprint density at radius 1 is 1.58 bits per heavy atom. The molecule has 2 N–H and O–H groups in total. The van der Waals surface area contributed by atoms with E-state index in [9.17, 15) is 14.9 Å². The van der Waals surface area contributed by atoms with Crippen LogP contribution < -0.4 is 4.90 Å². The monoisotopic (exact) mass is 267 g/mol. The van der Waals surface area contributed by atoms with Crippen LogP contribution in [0.1, 0.15) is 23.2 Å². The fourth-order valence-electron chi connectivity index (χ4n) is 1.87. The number of carboxylic acid groups (broad SMARTS) is 1. The highest BCUT2D eigenvalue weighted by atomic mass is 16.6. The Labute approximate surface area is 108 Å². The summed E-state index contributed by atoms with van der Waals surface area (Å²) in [5.41, 5.74) is -0.574. The molecule has 1 aliphatic rings. The van der Waals surface area contributed by atoms with Gasteiger partial charge in [0.1, 0.15) is 0 Å². The summed E-state index contributed by atoms with van der Waals surface area (Å²) in [5, 5.41) is 28.9. The van der Waals surface area contributed by atoms with Gasteiger partial charge in [0.25, 0.3) is 0 Å². The van der Waals surface area contributed by atoms with Gasteiger partial charge in [-0.05, 0) is 12.8 Å². The molecule has 2 rings (SSSR count). The number of nitro groups is 1. The van der Waals surface area contributed by atoms with E-state index in [4.69, 9.17) is 10.2 Å². The smallest absolute Gasteiger partial charge is 0.337 e. The first-order valence-electron chi connectivity index (χ1n) is 5.80. The summed E-state index contributed by atoms with van der Waals surface area (Å²) in [6, 6.07) is 1.13. The molecule has 1 heterocycles. The van der Waals surface area contributed by atoms with Crippen LogP contribution in [0.4, 0.5) is 11.5 Å². The molecule has 0 atom stereocenters. The number of rotatable bonds is 6. The zero-order valence-electron chi connectivity index (χ0n) is 10.0. The number of carbonyl (C=O) groups is 1. The number of aliphatic hydroxyl groups is 1. The van der Waals surface area contributed by atoms with Crippen molar-refractivity contribution in [1.29, 1.82) is 0 Å². The van der Waals surface area contributed by atoms with Crippen LogP contribution in [0.5, 0.6) is 0 Å². The molecule has 8 nitrogen and oxygen atoms in total. The Kier molecular flexibility index (Phi) is 3.61. The Hall–Kier alpha value is -2.22. The fraction of sp³-hybridized carbons (Fsp3) is 0.455. The van der Waals surface area contributed by atoms with Gasteiger partial charge >= 0.3 is 11.7 Å². The van der Waals surface area contributed by atoms with Crippen LogP contribution in [0.25, 0.3) is 0 Å². The van der Waals surface area contributed by atoms with E-state index in [2.05, 4.69) is 4.98 Å². The van der Waals surface area contributed by atoms with Crippen LogP contribution >= 0.6 is 0 Å². The van der Waals surface area contributed by atoms with E-state index >= 15 is 0 Å². The Morgan fingerprint density at radius 2 is 2.26 bits per heavy atom. The SMILES string of the molecule is O=C(O)c1cnc(N(CCO)C2CC2)c([N+](=O)[O-])c1. The minimum absolute atomic E-state index is 0.117. The quantitative estimate of drug-likeness (QED) is 0.574. The predicted octanol–water partition coefficient (Wildman–Crippen LogP) is 0.649. The molecule has 1 saturated carbocycles. The number of aliphatic hydroxyl groups excluding tert-OH is 1. The molecule has 0 saturated heterocycles. The van der Waals surface area contributed by atoms with Crippen molar-refractivity contribution < 1.29 is 19.9 Å². The largest absolute Gasteiger partial charge is 0.478 e. The highest BCUT2D eigenvalue weighted by Gasteiger charge is 2.34. The fourth-order valence-corrected chi connectivity index (χ4v) is 1.87. The third-order valence-electron chi connectivity index (χ3n) is 2.89. The highest BCUT2D eigenvalue weighted by molar-refractivity contribution is 5.88. The number of carboxylic acids is 1. The Morgan fingerprint density at radius 3 is 2.74 bits per heavy atom. The van der Waals surface area contributed by atoms with E-state index in [1.165, 1.54) is 0 Å². The van der Waals surface area contributed by atoms with Crippen molar-refractivity contribution in [2.75, 3.05) is 18.1 Å². The second-order valence-corrected chi connectivity index (χ2v) is 4.28. The maximum atomic E-state index is 11.0. The number of pyridine rings is 1.